The van der Waals surface area contributed by atoms with Crippen LogP contribution in [0.3, 0.4) is 0 Å². The van der Waals surface area contributed by atoms with Gasteiger partial charge in [-0.1, -0.05) is 6.42 Å². The molecule has 1 amide bonds. The first-order chi connectivity index (χ1) is 8.27. The topological polar surface area (TPSA) is 58.4 Å². The molecular formula is C13H25N3O. The van der Waals surface area contributed by atoms with Gasteiger partial charge in [-0.3, -0.25) is 9.69 Å². The summed E-state index contributed by atoms with van der Waals surface area (Å²) in [5.74, 6) is 0.658. The molecule has 2 saturated heterocycles. The lowest BCUT2D eigenvalue weighted by Gasteiger charge is -2.35. The number of carbonyl (C=O) groups is 1. The summed E-state index contributed by atoms with van der Waals surface area (Å²) in [5, 5.41) is 3.45. The molecule has 0 aliphatic carbocycles. The van der Waals surface area contributed by atoms with Crippen LogP contribution in [0.5, 0.6) is 0 Å². The Kier molecular flexibility index (Phi) is 4.80. The summed E-state index contributed by atoms with van der Waals surface area (Å²) in [6.07, 6.45) is 7.16. The minimum Gasteiger partial charge on any atom is -0.368 e. The van der Waals surface area contributed by atoms with Crippen molar-refractivity contribution in [2.75, 3.05) is 26.2 Å². The number of nitrogens with zero attached hydrogens (tertiary/aromatic N) is 1. The maximum atomic E-state index is 11.4. The Labute approximate surface area is 104 Å². The van der Waals surface area contributed by atoms with Gasteiger partial charge in [0, 0.05) is 0 Å². The van der Waals surface area contributed by atoms with Crippen molar-refractivity contribution in [2.24, 2.45) is 11.7 Å². The molecule has 2 heterocycles. The van der Waals surface area contributed by atoms with E-state index < -0.39 is 0 Å². The number of carbonyl (C=O) groups excluding carboxylic acids is 1. The van der Waals surface area contributed by atoms with Crippen molar-refractivity contribution in [2.45, 2.75) is 44.6 Å². The van der Waals surface area contributed by atoms with E-state index >= 15 is 0 Å². The maximum absolute atomic E-state index is 11.4. The lowest BCUT2D eigenvalue weighted by molar-refractivity contribution is -0.124. The molecule has 0 saturated carbocycles. The molecule has 2 atom stereocenters. The Morgan fingerprint density at radius 2 is 2.18 bits per heavy atom. The Morgan fingerprint density at radius 3 is 2.88 bits per heavy atom. The number of amides is 1. The van der Waals surface area contributed by atoms with Crippen LogP contribution >= 0.6 is 0 Å². The third-order valence-corrected chi connectivity index (χ3v) is 4.17. The van der Waals surface area contributed by atoms with E-state index in [0.717, 1.165) is 38.4 Å². The second kappa shape index (κ2) is 6.36. The summed E-state index contributed by atoms with van der Waals surface area (Å²) < 4.78 is 0. The van der Waals surface area contributed by atoms with E-state index in [1.165, 1.54) is 32.2 Å². The zero-order valence-corrected chi connectivity index (χ0v) is 10.7. The van der Waals surface area contributed by atoms with E-state index in [4.69, 9.17) is 5.73 Å². The molecule has 2 unspecified atom stereocenters. The molecule has 2 fully saturated rings. The normalized spacial score (nSPS) is 31.3. The molecule has 3 N–H and O–H groups in total. The van der Waals surface area contributed by atoms with Crippen molar-refractivity contribution in [1.29, 1.82) is 0 Å². The van der Waals surface area contributed by atoms with Crippen LogP contribution < -0.4 is 11.1 Å². The van der Waals surface area contributed by atoms with Crippen LogP contribution in [0.1, 0.15) is 38.5 Å². The first kappa shape index (κ1) is 12.8. The highest BCUT2D eigenvalue weighted by Crippen LogP contribution is 2.20. The van der Waals surface area contributed by atoms with E-state index in [1.54, 1.807) is 0 Å². The van der Waals surface area contributed by atoms with Crippen molar-refractivity contribution in [3.05, 3.63) is 0 Å². The van der Waals surface area contributed by atoms with Crippen LogP contribution in [-0.2, 0) is 4.79 Å². The van der Waals surface area contributed by atoms with Gasteiger partial charge in [0.2, 0.25) is 5.91 Å². The van der Waals surface area contributed by atoms with Crippen molar-refractivity contribution in [1.82, 2.24) is 10.2 Å². The molecule has 4 heteroatoms. The molecule has 2 aliphatic heterocycles. The van der Waals surface area contributed by atoms with Gasteiger partial charge in [-0.25, -0.2) is 0 Å². The lowest BCUT2D eigenvalue weighted by atomic mass is 9.94. The fraction of sp³-hybridized carbons (Fsp3) is 0.923. The minimum atomic E-state index is -0.133. The highest BCUT2D eigenvalue weighted by molar-refractivity contribution is 5.79. The summed E-state index contributed by atoms with van der Waals surface area (Å²) >= 11 is 0. The fourth-order valence-electron chi connectivity index (χ4n) is 3.10. The fourth-order valence-corrected chi connectivity index (χ4v) is 3.10. The van der Waals surface area contributed by atoms with E-state index in [-0.39, 0.29) is 11.9 Å². The largest absolute Gasteiger partial charge is 0.368 e. The zero-order chi connectivity index (χ0) is 12.1. The van der Waals surface area contributed by atoms with E-state index in [9.17, 15) is 4.79 Å². The van der Waals surface area contributed by atoms with Gasteiger partial charge in [0.05, 0.1) is 6.04 Å². The van der Waals surface area contributed by atoms with Gasteiger partial charge < -0.3 is 11.1 Å². The van der Waals surface area contributed by atoms with Crippen molar-refractivity contribution < 1.29 is 4.79 Å². The summed E-state index contributed by atoms with van der Waals surface area (Å²) in [4.78, 5) is 13.7. The third kappa shape index (κ3) is 3.68. The molecule has 0 spiro atoms. The number of nitrogens with two attached hydrogens (primary N) is 1. The zero-order valence-electron chi connectivity index (χ0n) is 10.7. The second-order valence-electron chi connectivity index (χ2n) is 5.45. The summed E-state index contributed by atoms with van der Waals surface area (Å²) in [5.41, 5.74) is 5.47. The maximum Gasteiger partial charge on any atom is 0.234 e. The Balaban J connectivity index is 1.77. The lowest BCUT2D eigenvalue weighted by Crippen LogP contribution is -2.48. The van der Waals surface area contributed by atoms with Crippen LogP contribution in [0, 0.1) is 5.92 Å². The summed E-state index contributed by atoms with van der Waals surface area (Å²) in [7, 11) is 0. The number of likely N-dealkylation sites (tertiary alicyclic amines) is 1. The Morgan fingerprint density at radius 1 is 1.29 bits per heavy atom. The third-order valence-electron chi connectivity index (χ3n) is 4.17. The van der Waals surface area contributed by atoms with Crippen LogP contribution in [-0.4, -0.2) is 43.0 Å². The van der Waals surface area contributed by atoms with Gasteiger partial charge in [-0.05, 0) is 64.2 Å². The predicted octanol–water partition coefficient (Wildman–Crippen LogP) is 0.716. The molecular weight excluding hydrogens is 214 g/mol. The molecule has 0 radical (unpaired) electrons. The van der Waals surface area contributed by atoms with Crippen LogP contribution in [0.15, 0.2) is 0 Å². The van der Waals surface area contributed by atoms with Gasteiger partial charge in [0.15, 0.2) is 0 Å². The van der Waals surface area contributed by atoms with Gasteiger partial charge in [0.25, 0.3) is 0 Å². The average molecular weight is 239 g/mol. The smallest absolute Gasteiger partial charge is 0.234 e. The standard InChI is InChI=1S/C13H25N3O/c14-13(17)12-5-1-2-8-16(12)9-6-11-4-3-7-15-10-11/h11-12,15H,1-10H2,(H2,14,17). The van der Waals surface area contributed by atoms with Gasteiger partial charge in [-0.15, -0.1) is 0 Å². The molecule has 0 aromatic heterocycles. The number of hydrogen-bond acceptors (Lipinski definition) is 3. The average Bonchev–Trinajstić information content (AvgIpc) is 2.38. The molecule has 0 aromatic carbocycles. The number of nitrogens with one attached hydrogen (secondary N) is 1. The molecule has 17 heavy (non-hydrogen) atoms. The molecule has 0 aromatic rings. The predicted molar refractivity (Wildman–Crippen MR) is 68.6 cm³/mol. The number of rotatable bonds is 4. The SMILES string of the molecule is NC(=O)C1CCCCN1CCC1CCCNC1. The quantitative estimate of drug-likeness (QED) is 0.760. The highest BCUT2D eigenvalue weighted by atomic mass is 16.1. The highest BCUT2D eigenvalue weighted by Gasteiger charge is 2.27. The van der Waals surface area contributed by atoms with Crippen LogP contribution in [0.2, 0.25) is 0 Å². The van der Waals surface area contributed by atoms with E-state index in [2.05, 4.69) is 10.2 Å². The summed E-state index contributed by atoms with van der Waals surface area (Å²) in [6, 6.07) is 0.000278. The second-order valence-corrected chi connectivity index (χ2v) is 5.45. The molecule has 2 rings (SSSR count). The molecule has 98 valence electrons. The van der Waals surface area contributed by atoms with Crippen LogP contribution in [0.4, 0.5) is 0 Å². The molecule has 2 aliphatic rings. The number of piperidine rings is 2. The number of hydrogen-bond donors (Lipinski definition) is 2. The van der Waals surface area contributed by atoms with Crippen molar-refractivity contribution >= 4 is 5.91 Å². The van der Waals surface area contributed by atoms with Gasteiger partial charge >= 0.3 is 0 Å². The van der Waals surface area contributed by atoms with Crippen molar-refractivity contribution in [3.8, 4) is 0 Å². The number of primary amides is 1. The minimum absolute atomic E-state index is 0.000278. The Hall–Kier alpha value is -0.610. The first-order valence-electron chi connectivity index (χ1n) is 7.01. The van der Waals surface area contributed by atoms with Crippen LogP contribution in [0.25, 0.3) is 0 Å². The van der Waals surface area contributed by atoms with Crippen molar-refractivity contribution in [3.63, 3.8) is 0 Å². The van der Waals surface area contributed by atoms with Gasteiger partial charge in [0.1, 0.15) is 0 Å². The van der Waals surface area contributed by atoms with E-state index in [0.29, 0.717) is 0 Å². The molecule has 4 nitrogen and oxygen atoms in total. The molecule has 0 bridgehead atoms. The van der Waals surface area contributed by atoms with E-state index in [1.807, 2.05) is 0 Å². The van der Waals surface area contributed by atoms with Gasteiger partial charge in [-0.2, -0.15) is 0 Å². The summed E-state index contributed by atoms with van der Waals surface area (Å²) in [6.45, 7) is 4.41. The Bertz CT molecular complexity index is 251. The monoisotopic (exact) mass is 239 g/mol. The first-order valence-corrected chi connectivity index (χ1v) is 7.01.